The molecule has 1 N–H and O–H groups in total. The number of ether oxygens (including phenoxy) is 2. The molecule has 1 saturated heterocycles. The predicted octanol–water partition coefficient (Wildman–Crippen LogP) is 2.57. The molecule has 1 aliphatic heterocycles. The molecule has 0 aliphatic carbocycles. The van der Waals surface area contributed by atoms with Crippen LogP contribution in [-0.4, -0.2) is 31.0 Å². The third kappa shape index (κ3) is 2.47. The fourth-order valence-electron chi connectivity index (χ4n) is 2.29. The van der Waals surface area contributed by atoms with Crippen molar-refractivity contribution >= 4 is 11.6 Å². The molecule has 1 atom stereocenters. The smallest absolute Gasteiger partial charge is 0.110 e. The summed E-state index contributed by atoms with van der Waals surface area (Å²) in [5.41, 5.74) is 0.140. The monoisotopic (exact) mass is 256 g/mol. The molecule has 1 heterocycles. The molecule has 0 spiro atoms. The van der Waals surface area contributed by atoms with Crippen LogP contribution in [0.4, 0.5) is 0 Å². The summed E-state index contributed by atoms with van der Waals surface area (Å²) in [6, 6.07) is 7.33. The van der Waals surface area contributed by atoms with Crippen LogP contribution in [-0.2, 0) is 9.47 Å². The van der Waals surface area contributed by atoms with Crippen molar-refractivity contribution in [1.29, 1.82) is 0 Å². The van der Waals surface area contributed by atoms with Gasteiger partial charge in [-0.05, 0) is 6.07 Å². The third-order valence-corrected chi connectivity index (χ3v) is 3.79. The van der Waals surface area contributed by atoms with Crippen molar-refractivity contribution in [3.63, 3.8) is 0 Å². The Hall–Kier alpha value is -0.610. The molecule has 1 fully saturated rings. The second kappa shape index (κ2) is 5.36. The number of aliphatic hydroxyl groups excluding tert-OH is 1. The van der Waals surface area contributed by atoms with E-state index in [-0.39, 0.29) is 0 Å². The fourth-order valence-corrected chi connectivity index (χ4v) is 2.53. The van der Waals surface area contributed by atoms with Crippen molar-refractivity contribution in [3.8, 4) is 0 Å². The van der Waals surface area contributed by atoms with E-state index in [1.54, 1.807) is 13.2 Å². The van der Waals surface area contributed by atoms with Crippen LogP contribution in [0.1, 0.15) is 24.5 Å². The van der Waals surface area contributed by atoms with E-state index in [0.717, 1.165) is 5.56 Å². The topological polar surface area (TPSA) is 38.7 Å². The first kappa shape index (κ1) is 12.8. The summed E-state index contributed by atoms with van der Waals surface area (Å²) in [7, 11) is 1.63. The number of benzene rings is 1. The van der Waals surface area contributed by atoms with E-state index < -0.39 is 11.7 Å². The second-order valence-corrected chi connectivity index (χ2v) is 4.71. The third-order valence-electron chi connectivity index (χ3n) is 3.44. The lowest BCUT2D eigenvalue weighted by atomic mass is 9.84. The van der Waals surface area contributed by atoms with Crippen LogP contribution in [0.3, 0.4) is 0 Å². The minimum Gasteiger partial charge on any atom is -0.385 e. The Labute approximate surface area is 106 Å². The van der Waals surface area contributed by atoms with Gasteiger partial charge in [0, 0.05) is 43.8 Å². The van der Waals surface area contributed by atoms with Crippen molar-refractivity contribution in [3.05, 3.63) is 34.9 Å². The molecular formula is C13H17ClO3. The van der Waals surface area contributed by atoms with E-state index >= 15 is 0 Å². The minimum absolute atomic E-state index is 0.572. The zero-order valence-corrected chi connectivity index (χ0v) is 10.6. The van der Waals surface area contributed by atoms with Gasteiger partial charge in [-0.2, -0.15) is 0 Å². The van der Waals surface area contributed by atoms with Crippen molar-refractivity contribution < 1.29 is 14.6 Å². The minimum atomic E-state index is -0.718. The maximum absolute atomic E-state index is 10.5. The van der Waals surface area contributed by atoms with E-state index in [4.69, 9.17) is 21.1 Å². The molecule has 1 aromatic carbocycles. The average Bonchev–Trinajstić information content (AvgIpc) is 2.39. The summed E-state index contributed by atoms with van der Waals surface area (Å²) < 4.78 is 10.9. The van der Waals surface area contributed by atoms with E-state index in [1.807, 2.05) is 18.2 Å². The molecule has 1 aromatic rings. The largest absolute Gasteiger partial charge is 0.385 e. The van der Waals surface area contributed by atoms with Gasteiger partial charge in [0.2, 0.25) is 0 Å². The van der Waals surface area contributed by atoms with Crippen molar-refractivity contribution in [1.82, 2.24) is 0 Å². The molecule has 0 radical (unpaired) electrons. The normalized spacial score (nSPS) is 21.1. The zero-order chi connectivity index (χ0) is 12.3. The molecule has 1 aliphatic rings. The fraction of sp³-hybridized carbons (Fsp3) is 0.538. The molecule has 94 valence electrons. The summed E-state index contributed by atoms with van der Waals surface area (Å²) in [5.74, 6) is 0. The number of hydrogen-bond acceptors (Lipinski definition) is 3. The zero-order valence-electron chi connectivity index (χ0n) is 9.86. The van der Waals surface area contributed by atoms with Crippen molar-refractivity contribution in [2.45, 2.75) is 24.5 Å². The average molecular weight is 257 g/mol. The first-order valence-electron chi connectivity index (χ1n) is 5.75. The summed E-state index contributed by atoms with van der Waals surface area (Å²) in [6.45, 7) is 1.21. The molecule has 2 rings (SSSR count). The Bertz CT molecular complexity index is 375. The molecule has 0 saturated carbocycles. The molecule has 3 nitrogen and oxygen atoms in total. The van der Waals surface area contributed by atoms with Gasteiger partial charge in [0.05, 0.1) is 0 Å². The molecule has 0 aromatic heterocycles. The Balaban J connectivity index is 2.28. The van der Waals surface area contributed by atoms with Crippen LogP contribution in [0.15, 0.2) is 24.3 Å². The van der Waals surface area contributed by atoms with Crippen LogP contribution in [0.2, 0.25) is 5.02 Å². The SMILES string of the molecule is COC1(C(O)c2ccccc2Cl)CCOCC1. The number of halogens is 1. The second-order valence-electron chi connectivity index (χ2n) is 4.31. The predicted molar refractivity (Wildman–Crippen MR) is 66.2 cm³/mol. The Kier molecular flexibility index (Phi) is 4.05. The molecule has 1 unspecified atom stereocenters. The molecular weight excluding hydrogens is 240 g/mol. The number of aliphatic hydroxyl groups is 1. The van der Waals surface area contributed by atoms with Crippen LogP contribution in [0.5, 0.6) is 0 Å². The molecule has 4 heteroatoms. The van der Waals surface area contributed by atoms with Crippen LogP contribution >= 0.6 is 11.6 Å². The lowest BCUT2D eigenvalue weighted by Crippen LogP contribution is -2.43. The Morgan fingerprint density at radius 1 is 1.35 bits per heavy atom. The van der Waals surface area contributed by atoms with Gasteiger partial charge in [0.25, 0.3) is 0 Å². The van der Waals surface area contributed by atoms with Gasteiger partial charge >= 0.3 is 0 Å². The van der Waals surface area contributed by atoms with Crippen LogP contribution in [0, 0.1) is 0 Å². The lowest BCUT2D eigenvalue weighted by Gasteiger charge is -2.40. The highest BCUT2D eigenvalue weighted by atomic mass is 35.5. The van der Waals surface area contributed by atoms with E-state index in [2.05, 4.69) is 0 Å². The summed E-state index contributed by atoms with van der Waals surface area (Å²) in [4.78, 5) is 0. The molecule has 17 heavy (non-hydrogen) atoms. The summed E-state index contributed by atoms with van der Waals surface area (Å²) >= 11 is 6.11. The Morgan fingerprint density at radius 2 is 2.00 bits per heavy atom. The van der Waals surface area contributed by atoms with Gasteiger partial charge in [0.1, 0.15) is 11.7 Å². The van der Waals surface area contributed by atoms with Crippen molar-refractivity contribution in [2.24, 2.45) is 0 Å². The van der Waals surface area contributed by atoms with Gasteiger partial charge in [0.15, 0.2) is 0 Å². The first-order valence-corrected chi connectivity index (χ1v) is 6.13. The van der Waals surface area contributed by atoms with Gasteiger partial charge in [-0.1, -0.05) is 29.8 Å². The number of hydrogen-bond donors (Lipinski definition) is 1. The number of methoxy groups -OCH3 is 1. The van der Waals surface area contributed by atoms with E-state index in [0.29, 0.717) is 31.1 Å². The maximum Gasteiger partial charge on any atom is 0.110 e. The van der Waals surface area contributed by atoms with Crippen molar-refractivity contribution in [2.75, 3.05) is 20.3 Å². The van der Waals surface area contributed by atoms with Gasteiger partial charge in [-0.15, -0.1) is 0 Å². The number of rotatable bonds is 3. The maximum atomic E-state index is 10.5. The van der Waals surface area contributed by atoms with E-state index in [1.165, 1.54) is 0 Å². The van der Waals surface area contributed by atoms with Gasteiger partial charge < -0.3 is 14.6 Å². The van der Waals surface area contributed by atoms with Gasteiger partial charge in [-0.3, -0.25) is 0 Å². The highest BCUT2D eigenvalue weighted by Crippen LogP contribution is 2.39. The quantitative estimate of drug-likeness (QED) is 0.903. The molecule has 0 amide bonds. The van der Waals surface area contributed by atoms with Crippen LogP contribution < -0.4 is 0 Å². The highest BCUT2D eigenvalue weighted by Gasteiger charge is 2.41. The Morgan fingerprint density at radius 3 is 2.59 bits per heavy atom. The lowest BCUT2D eigenvalue weighted by molar-refractivity contribution is -0.154. The standard InChI is InChI=1S/C13H17ClO3/c1-16-13(6-8-17-9-7-13)12(15)10-4-2-3-5-11(10)14/h2-5,12,15H,6-9H2,1H3. The highest BCUT2D eigenvalue weighted by molar-refractivity contribution is 6.31. The van der Waals surface area contributed by atoms with E-state index in [9.17, 15) is 5.11 Å². The van der Waals surface area contributed by atoms with Crippen LogP contribution in [0.25, 0.3) is 0 Å². The summed E-state index contributed by atoms with van der Waals surface area (Å²) in [5, 5.41) is 11.1. The van der Waals surface area contributed by atoms with Gasteiger partial charge in [-0.25, -0.2) is 0 Å². The molecule has 0 bridgehead atoms. The first-order chi connectivity index (χ1) is 8.19. The summed E-state index contributed by atoms with van der Waals surface area (Å²) in [6.07, 6.45) is 0.635.